The van der Waals surface area contributed by atoms with E-state index in [9.17, 15) is 25.9 Å². The summed E-state index contributed by atoms with van der Waals surface area (Å²) in [6.07, 6.45) is 65.6. The van der Waals surface area contributed by atoms with Gasteiger partial charge in [-0.05, 0) is 146 Å². The third kappa shape index (κ3) is 42.2. The molecule has 0 aliphatic rings. The summed E-state index contributed by atoms with van der Waals surface area (Å²) in [5, 5.41) is 0. The minimum atomic E-state index is -4.52. The first-order valence-corrected chi connectivity index (χ1v) is 41.5. The van der Waals surface area contributed by atoms with E-state index in [-0.39, 0.29) is 21.6 Å². The molecular weight excluding hydrogens is 1160 g/mol. The van der Waals surface area contributed by atoms with Gasteiger partial charge in [0.25, 0.3) is 0 Å². The van der Waals surface area contributed by atoms with E-state index in [1.54, 1.807) is 12.1 Å². The number of hydrogen-bond donors (Lipinski definition) is 0. The van der Waals surface area contributed by atoms with Crippen LogP contribution in [0.4, 0.5) is 0 Å². The SMILES string of the molecule is CCCCCCCCCCc1c(C(C)C)cc(S(=O)(=O)[O-])c(CCCCCCCCCC)c1CCCCCCCCCC.CCCCCCCCCCc1c(C(C)C)cc(S(=O)(=O)[O-])c(CCCCCCCCCC)c1CCCCCCCCCC.[O]=[Ti+2]. The molecule has 0 aliphatic carbocycles. The number of benzene rings is 2. The van der Waals surface area contributed by atoms with Crippen molar-refractivity contribution < 1.29 is 49.7 Å². The zero-order chi connectivity index (χ0) is 65.5. The first-order chi connectivity index (χ1) is 42.5. The predicted molar refractivity (Wildman–Crippen MR) is 376 cm³/mol. The fourth-order valence-corrected chi connectivity index (χ4v) is 15.1. The van der Waals surface area contributed by atoms with Crippen molar-refractivity contribution in [2.75, 3.05) is 0 Å². The molecule has 7 nitrogen and oxygen atoms in total. The Morgan fingerprint density at radius 1 is 0.261 bits per heavy atom. The van der Waals surface area contributed by atoms with Crippen LogP contribution in [0.3, 0.4) is 0 Å². The molecule has 0 amide bonds. The monoisotopic (exact) mass is 1300 g/mol. The van der Waals surface area contributed by atoms with Gasteiger partial charge >= 0.3 is 23.7 Å². The molecule has 88 heavy (non-hydrogen) atoms. The van der Waals surface area contributed by atoms with Gasteiger partial charge in [0.15, 0.2) is 0 Å². The molecule has 10 heteroatoms. The molecule has 0 aliphatic heterocycles. The van der Waals surface area contributed by atoms with Crippen LogP contribution in [-0.2, 0) is 82.5 Å². The zero-order valence-corrected chi connectivity index (χ0v) is 62.9. The standard InChI is InChI=1S/2C39H72O3S.O.Ti/c2*1-6-9-12-15-18-21-24-27-30-35-36(31-28-25-22-19-16-13-10-7-2)38(34(4)5)33-39(43(40,41)42)37(35)32-29-26-23-20-17-14-11-8-3;;/h2*33-34H,6-32H2,1-5H3,(H,40,41,42);;/q;;;+2/p-2. The summed E-state index contributed by atoms with van der Waals surface area (Å²) >= 11 is 0.750. The molecule has 0 fully saturated rings. The summed E-state index contributed by atoms with van der Waals surface area (Å²) in [6, 6.07) is 3.59. The Bertz CT molecular complexity index is 2020. The van der Waals surface area contributed by atoms with E-state index in [0.29, 0.717) is 0 Å². The van der Waals surface area contributed by atoms with Crippen LogP contribution in [0.5, 0.6) is 0 Å². The summed E-state index contributed by atoms with van der Waals surface area (Å²) in [5.74, 6) is 0.415. The summed E-state index contributed by atoms with van der Waals surface area (Å²) in [6.45, 7) is 22.2. The second kappa shape index (κ2) is 58.4. The Morgan fingerprint density at radius 2 is 0.409 bits per heavy atom. The van der Waals surface area contributed by atoms with Crippen LogP contribution in [0.25, 0.3) is 0 Å². The Labute approximate surface area is 560 Å². The second-order valence-corrected chi connectivity index (χ2v) is 30.1. The van der Waals surface area contributed by atoms with Crippen molar-refractivity contribution in [3.05, 3.63) is 56.6 Å². The van der Waals surface area contributed by atoms with E-state index in [1.165, 1.54) is 279 Å². The van der Waals surface area contributed by atoms with Crippen LogP contribution in [0, 0.1) is 0 Å². The fourth-order valence-electron chi connectivity index (χ4n) is 13.5. The third-order valence-electron chi connectivity index (χ3n) is 18.8. The third-order valence-corrected chi connectivity index (χ3v) is 20.6. The molecular formula is C78H142O7S2Ti. The van der Waals surface area contributed by atoms with E-state index < -0.39 is 20.2 Å². The van der Waals surface area contributed by atoms with Gasteiger partial charge in [0, 0.05) is 0 Å². The average molecular weight is 1300 g/mol. The summed E-state index contributed by atoms with van der Waals surface area (Å²) in [5.41, 5.74) is 9.19. The quantitative estimate of drug-likeness (QED) is 0.0366. The van der Waals surface area contributed by atoms with Crippen LogP contribution in [0.2, 0.25) is 0 Å². The van der Waals surface area contributed by atoms with Crippen LogP contribution in [-0.4, -0.2) is 25.9 Å². The molecule has 0 aromatic heterocycles. The maximum absolute atomic E-state index is 12.7. The molecule has 0 bridgehead atoms. The van der Waals surface area contributed by atoms with Crippen LogP contribution in [0.1, 0.15) is 434 Å². The molecule has 2 rings (SSSR count). The van der Waals surface area contributed by atoms with Crippen molar-refractivity contribution in [1.29, 1.82) is 0 Å². The summed E-state index contributed by atoms with van der Waals surface area (Å²) in [4.78, 5) is 0.182. The molecule has 0 unspecified atom stereocenters. The van der Waals surface area contributed by atoms with E-state index in [4.69, 9.17) is 3.32 Å². The van der Waals surface area contributed by atoms with Gasteiger partial charge in [-0.25, -0.2) is 16.8 Å². The summed E-state index contributed by atoms with van der Waals surface area (Å²) in [7, 11) is -9.05. The van der Waals surface area contributed by atoms with Gasteiger partial charge in [0.2, 0.25) is 0 Å². The topological polar surface area (TPSA) is 131 Å². The van der Waals surface area contributed by atoms with Crippen molar-refractivity contribution in [1.82, 2.24) is 0 Å². The normalized spacial score (nSPS) is 11.9. The van der Waals surface area contributed by atoms with E-state index in [0.717, 1.165) is 133 Å². The van der Waals surface area contributed by atoms with Gasteiger partial charge in [0.1, 0.15) is 20.2 Å². The molecule has 0 saturated heterocycles. The molecule has 512 valence electrons. The van der Waals surface area contributed by atoms with Crippen molar-refractivity contribution in [2.45, 2.75) is 438 Å². The second-order valence-electron chi connectivity index (χ2n) is 27.4. The van der Waals surface area contributed by atoms with Crippen molar-refractivity contribution >= 4 is 20.2 Å². The number of rotatable bonds is 58. The van der Waals surface area contributed by atoms with Crippen molar-refractivity contribution in [3.63, 3.8) is 0 Å². The van der Waals surface area contributed by atoms with Crippen LogP contribution < -0.4 is 0 Å². The van der Waals surface area contributed by atoms with E-state index in [1.807, 2.05) is 0 Å². The van der Waals surface area contributed by atoms with Gasteiger partial charge in [0.05, 0.1) is 9.79 Å². The van der Waals surface area contributed by atoms with Gasteiger partial charge in [-0.2, -0.15) is 0 Å². The molecule has 0 atom stereocenters. The molecule has 0 heterocycles. The molecule has 0 spiro atoms. The first kappa shape index (κ1) is 86.8. The Kier molecular flexibility index (Phi) is 57.5. The Hall–Kier alpha value is -1.23. The number of unbranched alkanes of at least 4 members (excludes halogenated alkanes) is 42. The van der Waals surface area contributed by atoms with Gasteiger partial charge in [-0.15, -0.1) is 0 Å². The van der Waals surface area contributed by atoms with Crippen LogP contribution in [0.15, 0.2) is 21.9 Å². The molecule has 0 saturated carbocycles. The molecule has 0 N–H and O–H groups in total. The maximum atomic E-state index is 12.7. The van der Waals surface area contributed by atoms with E-state index >= 15 is 0 Å². The molecule has 0 radical (unpaired) electrons. The Morgan fingerprint density at radius 3 is 0.568 bits per heavy atom. The summed E-state index contributed by atoms with van der Waals surface area (Å²) < 4.78 is 84.3. The fraction of sp³-hybridized carbons (Fsp3) is 0.846. The zero-order valence-electron chi connectivity index (χ0n) is 59.7. The van der Waals surface area contributed by atoms with Crippen molar-refractivity contribution in [3.8, 4) is 0 Å². The molecule has 2 aromatic rings. The average Bonchev–Trinajstić information content (AvgIpc) is 0.835. The van der Waals surface area contributed by atoms with Gasteiger partial charge in [-0.1, -0.05) is 339 Å². The van der Waals surface area contributed by atoms with Crippen LogP contribution >= 0.6 is 0 Å². The predicted octanol–water partition coefficient (Wildman–Crippen LogP) is 25.4. The van der Waals surface area contributed by atoms with E-state index in [2.05, 4.69) is 69.2 Å². The van der Waals surface area contributed by atoms with Gasteiger partial charge in [-0.3, -0.25) is 0 Å². The molecule has 2 aromatic carbocycles. The first-order valence-electron chi connectivity index (χ1n) is 38.0. The van der Waals surface area contributed by atoms with Crippen molar-refractivity contribution in [2.24, 2.45) is 0 Å². The Balaban J connectivity index is 0.00000167. The minimum absolute atomic E-state index is 0.0911. The van der Waals surface area contributed by atoms with Gasteiger partial charge < -0.3 is 9.11 Å². The number of hydrogen-bond acceptors (Lipinski definition) is 7.